The first-order valence-electron chi connectivity index (χ1n) is 18.1. The molecular formula is C37H45F3N8O7S. The SMILES string of the molecule is CN(CCN(C)C(=O)c1ccc(CNC(=O)OC/C=C/COC(=O)NCc2ccc(C3(C(F)(F)F)N=N3)cc2)cc1)C(=O)CCCC[C@@H]1SC[C@@H]2NC(=O)N[C@@H]21. The number of urea groups is 1. The molecular weight excluding hydrogens is 758 g/mol. The molecule has 56 heavy (non-hydrogen) atoms. The summed E-state index contributed by atoms with van der Waals surface area (Å²) in [4.78, 5) is 64.4. The molecule has 0 bridgehead atoms. The number of benzene rings is 2. The van der Waals surface area contributed by atoms with Gasteiger partial charge in [-0.1, -0.05) is 42.8 Å². The van der Waals surface area contributed by atoms with Crippen molar-refractivity contribution in [1.29, 1.82) is 0 Å². The van der Waals surface area contributed by atoms with Crippen LogP contribution >= 0.6 is 11.8 Å². The van der Waals surface area contributed by atoms with Crippen LogP contribution in [0.2, 0.25) is 0 Å². The van der Waals surface area contributed by atoms with Gasteiger partial charge in [-0.25, -0.2) is 14.4 Å². The molecule has 6 amide bonds. The highest BCUT2D eigenvalue weighted by molar-refractivity contribution is 8.00. The standard InChI is InChI=1S/C37H45F3N8O7S/c1-47(30(49)8-4-3-7-29-31-28(23-56-29)43-33(51)44-31)17-18-48(2)32(50)26-13-9-24(10-14-26)21-41-34(52)54-19-5-6-20-55-35(53)42-22-25-11-15-27(16-12-25)36(45-46-36)37(38,39)40/h5-6,9-16,28-29,31H,3-4,7-8,17-23H2,1-2H3,(H,41,52)(H,42,53)(H2,43,44,51)/b6-5+/t28-,29-,31-/m0/s1. The predicted molar refractivity (Wildman–Crippen MR) is 200 cm³/mol. The molecule has 5 rings (SSSR count). The van der Waals surface area contributed by atoms with Crippen LogP contribution in [0.3, 0.4) is 0 Å². The van der Waals surface area contributed by atoms with Gasteiger partial charge in [-0.15, -0.1) is 10.2 Å². The lowest BCUT2D eigenvalue weighted by atomic mass is 10.0. The van der Waals surface area contributed by atoms with Gasteiger partial charge < -0.3 is 40.5 Å². The van der Waals surface area contributed by atoms with Crippen molar-refractivity contribution in [2.24, 2.45) is 10.2 Å². The zero-order chi connectivity index (χ0) is 40.3. The maximum absolute atomic E-state index is 13.1. The Labute approximate surface area is 326 Å². The summed E-state index contributed by atoms with van der Waals surface area (Å²) >= 11 is 1.86. The number of alkyl halides is 3. The van der Waals surface area contributed by atoms with Crippen molar-refractivity contribution >= 4 is 41.8 Å². The fraction of sp³-hybridized carbons (Fsp3) is 0.486. The molecule has 0 saturated carbocycles. The smallest absolute Gasteiger partial charge is 0.442 e. The number of nitrogens with zero attached hydrogens (tertiary/aromatic N) is 4. The molecule has 0 spiro atoms. The van der Waals surface area contributed by atoms with Crippen molar-refractivity contribution in [3.63, 3.8) is 0 Å². The predicted octanol–water partition coefficient (Wildman–Crippen LogP) is 4.83. The molecule has 3 aliphatic heterocycles. The van der Waals surface area contributed by atoms with Crippen LogP contribution in [-0.4, -0.2) is 109 Å². The van der Waals surface area contributed by atoms with Crippen LogP contribution in [0.5, 0.6) is 0 Å². The molecule has 2 saturated heterocycles. The largest absolute Gasteiger partial charge is 0.445 e. The lowest BCUT2D eigenvalue weighted by Gasteiger charge is -2.23. The normalized spacial score (nSPS) is 19.1. The van der Waals surface area contributed by atoms with Gasteiger partial charge in [0.05, 0.1) is 12.1 Å². The van der Waals surface area contributed by atoms with Crippen molar-refractivity contribution in [3.05, 3.63) is 82.9 Å². The van der Waals surface area contributed by atoms with Gasteiger partial charge in [-0.2, -0.15) is 24.9 Å². The summed E-state index contributed by atoms with van der Waals surface area (Å²) in [5, 5.41) is 17.7. The summed E-state index contributed by atoms with van der Waals surface area (Å²) in [6.07, 6.45) is -0.0196. The van der Waals surface area contributed by atoms with Crippen molar-refractivity contribution in [1.82, 2.24) is 31.1 Å². The second-order valence-electron chi connectivity index (χ2n) is 13.5. The van der Waals surface area contributed by atoms with Gasteiger partial charge >= 0.3 is 30.1 Å². The molecule has 302 valence electrons. The third-order valence-corrected chi connectivity index (χ3v) is 11.0. The fourth-order valence-electron chi connectivity index (χ4n) is 6.10. The van der Waals surface area contributed by atoms with E-state index in [-0.39, 0.29) is 61.8 Å². The van der Waals surface area contributed by atoms with Gasteiger partial charge in [0.2, 0.25) is 5.91 Å². The molecule has 0 radical (unpaired) electrons. The van der Waals surface area contributed by atoms with E-state index in [1.165, 1.54) is 36.4 Å². The monoisotopic (exact) mass is 802 g/mol. The highest BCUT2D eigenvalue weighted by Crippen LogP contribution is 2.52. The number of hydrogen-bond acceptors (Lipinski definition) is 10. The lowest BCUT2D eigenvalue weighted by molar-refractivity contribution is -0.166. The van der Waals surface area contributed by atoms with Crippen LogP contribution in [0, 0.1) is 0 Å². The van der Waals surface area contributed by atoms with Crippen LogP contribution in [0.25, 0.3) is 0 Å². The number of unbranched alkanes of at least 4 members (excludes halogenated alkanes) is 1. The number of likely N-dealkylation sites (N-methyl/N-ethyl adjacent to an activating group) is 2. The van der Waals surface area contributed by atoms with E-state index in [1.807, 2.05) is 11.8 Å². The summed E-state index contributed by atoms with van der Waals surface area (Å²) in [5.41, 5.74) is -0.839. The number of ether oxygens (including phenoxy) is 2. The van der Waals surface area contributed by atoms with Gasteiger partial charge in [0, 0.05) is 68.8 Å². The molecule has 0 aliphatic carbocycles. The van der Waals surface area contributed by atoms with Crippen LogP contribution < -0.4 is 21.3 Å². The molecule has 15 nitrogen and oxygen atoms in total. The Morgan fingerprint density at radius 2 is 1.45 bits per heavy atom. The second-order valence-corrected chi connectivity index (χ2v) is 14.8. The molecule has 2 aromatic carbocycles. The number of carbonyl (C=O) groups is 5. The Hall–Kier alpha value is -5.33. The minimum atomic E-state index is -4.61. The molecule has 2 fully saturated rings. The fourth-order valence-corrected chi connectivity index (χ4v) is 7.64. The first kappa shape index (κ1) is 41.8. The lowest BCUT2D eigenvalue weighted by Crippen LogP contribution is -2.37. The van der Waals surface area contributed by atoms with E-state index in [1.54, 1.807) is 48.2 Å². The maximum atomic E-state index is 13.1. The van der Waals surface area contributed by atoms with Gasteiger partial charge in [-0.3, -0.25) is 9.59 Å². The van der Waals surface area contributed by atoms with E-state index >= 15 is 0 Å². The van der Waals surface area contributed by atoms with Gasteiger partial charge in [0.1, 0.15) is 13.2 Å². The van der Waals surface area contributed by atoms with Crippen molar-refractivity contribution in [2.45, 2.75) is 67.9 Å². The summed E-state index contributed by atoms with van der Waals surface area (Å²) in [6, 6.07) is 12.4. The number of amides is 6. The third-order valence-electron chi connectivity index (χ3n) is 9.53. The zero-order valence-corrected chi connectivity index (χ0v) is 31.8. The summed E-state index contributed by atoms with van der Waals surface area (Å²) in [6.45, 7) is 0.765. The van der Waals surface area contributed by atoms with Crippen molar-refractivity contribution < 1.29 is 46.6 Å². The molecule has 3 atom stereocenters. The number of hydrogen-bond donors (Lipinski definition) is 4. The van der Waals surface area contributed by atoms with Crippen LogP contribution in [0.4, 0.5) is 27.6 Å². The summed E-state index contributed by atoms with van der Waals surface area (Å²) in [7, 11) is 3.41. The minimum Gasteiger partial charge on any atom is -0.445 e. The molecule has 0 unspecified atom stereocenters. The summed E-state index contributed by atoms with van der Waals surface area (Å²) in [5.74, 6) is 0.739. The highest BCUT2D eigenvalue weighted by atomic mass is 32.2. The van der Waals surface area contributed by atoms with E-state index in [0.29, 0.717) is 35.9 Å². The molecule has 19 heteroatoms. The molecule has 3 heterocycles. The summed E-state index contributed by atoms with van der Waals surface area (Å²) < 4.78 is 49.4. The van der Waals surface area contributed by atoms with Crippen LogP contribution in [0.1, 0.15) is 52.7 Å². The number of fused-ring (bicyclic) bond motifs is 1. The molecule has 4 N–H and O–H groups in total. The van der Waals surface area contributed by atoms with Gasteiger partial charge in [0.25, 0.3) is 5.91 Å². The van der Waals surface area contributed by atoms with E-state index in [2.05, 4.69) is 31.5 Å². The number of nitrogens with one attached hydrogen (secondary N) is 4. The Balaban J connectivity index is 0.885. The average molecular weight is 803 g/mol. The minimum absolute atomic E-state index is 0.0249. The Morgan fingerprint density at radius 1 is 0.875 bits per heavy atom. The van der Waals surface area contributed by atoms with Crippen molar-refractivity contribution in [2.75, 3.05) is 46.2 Å². The van der Waals surface area contributed by atoms with E-state index in [4.69, 9.17) is 9.47 Å². The second kappa shape index (κ2) is 19.0. The number of rotatable bonds is 18. The van der Waals surface area contributed by atoms with E-state index < -0.39 is 24.0 Å². The van der Waals surface area contributed by atoms with E-state index in [9.17, 15) is 37.1 Å². The number of thioether (sulfide) groups is 1. The van der Waals surface area contributed by atoms with Crippen molar-refractivity contribution in [3.8, 4) is 0 Å². The molecule has 2 aromatic rings. The Morgan fingerprint density at radius 3 is 2.02 bits per heavy atom. The Bertz CT molecular complexity index is 1770. The Kier molecular flexibility index (Phi) is 14.2. The maximum Gasteiger partial charge on any atom is 0.442 e. The third kappa shape index (κ3) is 11.4. The number of carbonyl (C=O) groups excluding carboxylic acids is 5. The highest BCUT2D eigenvalue weighted by Gasteiger charge is 2.65. The van der Waals surface area contributed by atoms with E-state index in [0.717, 1.165) is 30.6 Å². The molecule has 3 aliphatic rings. The van der Waals surface area contributed by atoms with Gasteiger partial charge in [0.15, 0.2) is 0 Å². The quantitative estimate of drug-likeness (QED) is 0.0939. The number of halogens is 3. The first-order chi connectivity index (χ1) is 26.8. The molecule has 0 aromatic heterocycles. The van der Waals surface area contributed by atoms with Crippen LogP contribution in [0.15, 0.2) is 70.9 Å². The van der Waals surface area contributed by atoms with Crippen LogP contribution in [-0.2, 0) is 33.0 Å². The average Bonchev–Trinajstić information content (AvgIpc) is 3.82. The number of alkyl carbamates (subject to hydrolysis) is 2. The first-order valence-corrected chi connectivity index (χ1v) is 19.1. The van der Waals surface area contributed by atoms with Gasteiger partial charge in [-0.05, 0) is 48.3 Å². The zero-order valence-electron chi connectivity index (χ0n) is 31.0. The topological polar surface area (TPSA) is 183 Å².